The molecule has 0 aliphatic rings. The maximum Gasteiger partial charge on any atom is 0.126 e. The van der Waals surface area contributed by atoms with Crippen molar-refractivity contribution in [3.05, 3.63) is 77.8 Å². The van der Waals surface area contributed by atoms with Crippen LogP contribution in [0, 0.1) is 0 Å². The zero-order valence-corrected chi connectivity index (χ0v) is 12.5. The topological polar surface area (TPSA) is 9.23 Å². The molecule has 0 amide bonds. The highest BCUT2D eigenvalue weighted by Crippen LogP contribution is 2.37. The molecule has 2 heteroatoms. The number of ether oxygens (including phenoxy) is 1. The SMILES string of the molecule is COc1ccc(-c2ccccc2)cc1-c1ccccc1Cl. The van der Waals surface area contributed by atoms with Crippen LogP contribution >= 0.6 is 11.6 Å². The molecule has 0 aliphatic heterocycles. The summed E-state index contributed by atoms with van der Waals surface area (Å²) < 4.78 is 5.49. The van der Waals surface area contributed by atoms with Crippen LogP contribution in [0.25, 0.3) is 22.3 Å². The molecule has 0 fully saturated rings. The van der Waals surface area contributed by atoms with Gasteiger partial charge in [0.05, 0.1) is 7.11 Å². The summed E-state index contributed by atoms with van der Waals surface area (Å²) in [6, 6.07) is 24.3. The van der Waals surface area contributed by atoms with Crippen molar-refractivity contribution < 1.29 is 4.74 Å². The van der Waals surface area contributed by atoms with Gasteiger partial charge in [0.2, 0.25) is 0 Å². The van der Waals surface area contributed by atoms with Crippen LogP contribution in [0.2, 0.25) is 5.02 Å². The Morgan fingerprint density at radius 1 is 0.714 bits per heavy atom. The molecule has 3 aromatic carbocycles. The largest absolute Gasteiger partial charge is 0.496 e. The van der Waals surface area contributed by atoms with E-state index in [1.807, 2.05) is 48.5 Å². The minimum absolute atomic E-state index is 0.723. The van der Waals surface area contributed by atoms with E-state index in [1.54, 1.807) is 7.11 Å². The van der Waals surface area contributed by atoms with E-state index in [4.69, 9.17) is 16.3 Å². The van der Waals surface area contributed by atoms with Crippen molar-refractivity contribution >= 4 is 11.6 Å². The van der Waals surface area contributed by atoms with Crippen molar-refractivity contribution in [2.75, 3.05) is 7.11 Å². The molecule has 0 unspecified atom stereocenters. The number of benzene rings is 3. The molecule has 0 spiro atoms. The van der Waals surface area contributed by atoms with E-state index in [9.17, 15) is 0 Å². The number of rotatable bonds is 3. The average molecular weight is 295 g/mol. The maximum atomic E-state index is 6.33. The molecule has 3 rings (SSSR count). The quantitative estimate of drug-likeness (QED) is 0.603. The van der Waals surface area contributed by atoms with Crippen molar-refractivity contribution in [2.24, 2.45) is 0 Å². The molecule has 21 heavy (non-hydrogen) atoms. The second kappa shape index (κ2) is 6.02. The number of methoxy groups -OCH3 is 1. The van der Waals surface area contributed by atoms with Crippen LogP contribution in [-0.4, -0.2) is 7.11 Å². The molecule has 0 aliphatic carbocycles. The molecule has 104 valence electrons. The number of halogens is 1. The lowest BCUT2D eigenvalue weighted by atomic mass is 9.98. The fraction of sp³-hybridized carbons (Fsp3) is 0.0526. The monoisotopic (exact) mass is 294 g/mol. The second-order valence-electron chi connectivity index (χ2n) is 4.76. The summed E-state index contributed by atoms with van der Waals surface area (Å²) in [5.74, 6) is 0.822. The molecular formula is C19H15ClO. The summed E-state index contributed by atoms with van der Waals surface area (Å²) in [6.45, 7) is 0. The highest BCUT2D eigenvalue weighted by atomic mass is 35.5. The fourth-order valence-corrected chi connectivity index (χ4v) is 2.65. The Hall–Kier alpha value is -2.25. The standard InChI is InChI=1S/C19H15ClO/c1-21-19-12-11-15(14-7-3-2-4-8-14)13-17(19)16-9-5-6-10-18(16)20/h2-13H,1H3. The van der Waals surface area contributed by atoms with Crippen molar-refractivity contribution in [3.63, 3.8) is 0 Å². The molecule has 3 aromatic rings. The normalized spacial score (nSPS) is 10.4. The third-order valence-electron chi connectivity index (χ3n) is 3.47. The summed E-state index contributed by atoms with van der Waals surface area (Å²) in [5.41, 5.74) is 4.30. The van der Waals surface area contributed by atoms with Gasteiger partial charge in [-0.1, -0.05) is 66.2 Å². The van der Waals surface area contributed by atoms with Crippen LogP contribution in [0.15, 0.2) is 72.8 Å². The van der Waals surface area contributed by atoms with Crippen LogP contribution in [-0.2, 0) is 0 Å². The van der Waals surface area contributed by atoms with Crippen LogP contribution in [0.5, 0.6) is 5.75 Å². The Morgan fingerprint density at radius 3 is 2.14 bits per heavy atom. The first-order chi connectivity index (χ1) is 10.3. The van der Waals surface area contributed by atoms with Gasteiger partial charge in [0.15, 0.2) is 0 Å². The summed E-state index contributed by atoms with van der Waals surface area (Å²) in [7, 11) is 1.68. The first-order valence-electron chi connectivity index (χ1n) is 6.78. The van der Waals surface area contributed by atoms with Crippen molar-refractivity contribution in [1.82, 2.24) is 0 Å². The van der Waals surface area contributed by atoms with Gasteiger partial charge >= 0.3 is 0 Å². The average Bonchev–Trinajstić information content (AvgIpc) is 2.55. The predicted molar refractivity (Wildman–Crippen MR) is 88.9 cm³/mol. The molecule has 0 aromatic heterocycles. The van der Waals surface area contributed by atoms with Crippen LogP contribution in [0.3, 0.4) is 0 Å². The number of hydrogen-bond donors (Lipinski definition) is 0. The van der Waals surface area contributed by atoms with Gasteiger partial charge in [0, 0.05) is 16.1 Å². The Labute approximate surface area is 129 Å². The van der Waals surface area contributed by atoms with Gasteiger partial charge in [-0.3, -0.25) is 0 Å². The molecule has 0 N–H and O–H groups in total. The second-order valence-corrected chi connectivity index (χ2v) is 5.17. The van der Waals surface area contributed by atoms with Gasteiger partial charge in [-0.05, 0) is 29.3 Å². The van der Waals surface area contributed by atoms with E-state index in [1.165, 1.54) is 5.56 Å². The molecule has 0 heterocycles. The zero-order valence-electron chi connectivity index (χ0n) is 11.7. The smallest absolute Gasteiger partial charge is 0.126 e. The molecule has 0 saturated carbocycles. The van der Waals surface area contributed by atoms with E-state index >= 15 is 0 Å². The molecule has 0 bridgehead atoms. The summed E-state index contributed by atoms with van der Waals surface area (Å²) >= 11 is 6.33. The van der Waals surface area contributed by atoms with E-state index in [2.05, 4.69) is 24.3 Å². The van der Waals surface area contributed by atoms with Crippen LogP contribution in [0.4, 0.5) is 0 Å². The molecule has 0 radical (unpaired) electrons. The minimum atomic E-state index is 0.723. The highest BCUT2D eigenvalue weighted by molar-refractivity contribution is 6.33. The lowest BCUT2D eigenvalue weighted by Crippen LogP contribution is -1.90. The Kier molecular flexibility index (Phi) is 3.94. The molecule has 0 saturated heterocycles. The first-order valence-corrected chi connectivity index (χ1v) is 7.16. The number of hydrogen-bond acceptors (Lipinski definition) is 1. The van der Waals surface area contributed by atoms with E-state index in [0.29, 0.717) is 0 Å². The first kappa shape index (κ1) is 13.7. The zero-order chi connectivity index (χ0) is 14.7. The lowest BCUT2D eigenvalue weighted by Gasteiger charge is -2.12. The van der Waals surface area contributed by atoms with Crippen molar-refractivity contribution in [1.29, 1.82) is 0 Å². The third-order valence-corrected chi connectivity index (χ3v) is 3.80. The summed E-state index contributed by atoms with van der Waals surface area (Å²) in [4.78, 5) is 0. The van der Waals surface area contributed by atoms with Gasteiger partial charge in [-0.25, -0.2) is 0 Å². The Balaban J connectivity index is 2.17. The van der Waals surface area contributed by atoms with E-state index in [-0.39, 0.29) is 0 Å². The minimum Gasteiger partial charge on any atom is -0.496 e. The molecular weight excluding hydrogens is 280 g/mol. The fourth-order valence-electron chi connectivity index (χ4n) is 2.41. The molecule has 0 atom stereocenters. The maximum absolute atomic E-state index is 6.33. The van der Waals surface area contributed by atoms with Crippen molar-refractivity contribution in [3.8, 4) is 28.0 Å². The van der Waals surface area contributed by atoms with Gasteiger partial charge in [-0.15, -0.1) is 0 Å². The van der Waals surface area contributed by atoms with E-state index < -0.39 is 0 Å². The van der Waals surface area contributed by atoms with Gasteiger partial charge in [0.1, 0.15) is 5.75 Å². The van der Waals surface area contributed by atoms with E-state index in [0.717, 1.165) is 27.5 Å². The molecule has 1 nitrogen and oxygen atoms in total. The third kappa shape index (κ3) is 2.79. The van der Waals surface area contributed by atoms with Crippen LogP contribution < -0.4 is 4.74 Å². The lowest BCUT2D eigenvalue weighted by molar-refractivity contribution is 0.416. The predicted octanol–water partition coefficient (Wildman–Crippen LogP) is 5.68. The van der Waals surface area contributed by atoms with Gasteiger partial charge in [-0.2, -0.15) is 0 Å². The van der Waals surface area contributed by atoms with Gasteiger partial charge < -0.3 is 4.74 Å². The Bertz CT molecular complexity index is 751. The highest BCUT2D eigenvalue weighted by Gasteiger charge is 2.10. The summed E-state index contributed by atoms with van der Waals surface area (Å²) in [5, 5.41) is 0.723. The van der Waals surface area contributed by atoms with Gasteiger partial charge in [0.25, 0.3) is 0 Å². The Morgan fingerprint density at radius 2 is 1.43 bits per heavy atom. The van der Waals surface area contributed by atoms with Crippen LogP contribution in [0.1, 0.15) is 0 Å². The van der Waals surface area contributed by atoms with Crippen molar-refractivity contribution in [2.45, 2.75) is 0 Å². The summed E-state index contributed by atoms with van der Waals surface area (Å²) in [6.07, 6.45) is 0.